The van der Waals surface area contributed by atoms with Crippen molar-refractivity contribution in [3.05, 3.63) is 30.1 Å². The van der Waals surface area contributed by atoms with Gasteiger partial charge in [0.15, 0.2) is 0 Å². The minimum atomic E-state index is -2.34. The van der Waals surface area contributed by atoms with Gasteiger partial charge in [-0.3, -0.25) is 4.79 Å². The Hall–Kier alpha value is -2.44. The number of aliphatic carboxylic acids is 1. The Labute approximate surface area is 131 Å². The molecule has 1 aliphatic carbocycles. The van der Waals surface area contributed by atoms with Gasteiger partial charge in [-0.25, -0.2) is 14.2 Å². The molecule has 2 aromatic heterocycles. The summed E-state index contributed by atoms with van der Waals surface area (Å²) < 4.78 is 14.9. The fourth-order valence-corrected chi connectivity index (χ4v) is 3.48. The summed E-state index contributed by atoms with van der Waals surface area (Å²) in [6.45, 7) is -0.245. The molecule has 7 heteroatoms. The Bertz CT molecular complexity index is 801. The second kappa shape index (κ2) is 4.78. The molecule has 2 N–H and O–H groups in total. The number of carboxylic acids is 1. The van der Waals surface area contributed by atoms with Gasteiger partial charge in [-0.1, -0.05) is 0 Å². The molecule has 2 unspecified atom stereocenters. The molecule has 2 atom stereocenters. The van der Waals surface area contributed by atoms with Crippen LogP contribution in [-0.4, -0.2) is 50.6 Å². The number of likely N-dealkylation sites (tertiary alicyclic amines) is 1. The highest BCUT2D eigenvalue weighted by Gasteiger charge is 2.59. The molecule has 1 aliphatic heterocycles. The molecule has 120 valence electrons. The van der Waals surface area contributed by atoms with Gasteiger partial charge >= 0.3 is 5.97 Å². The van der Waals surface area contributed by atoms with Crippen molar-refractivity contribution in [2.24, 2.45) is 11.8 Å². The Kier molecular flexibility index (Phi) is 2.94. The SMILES string of the molecule is O=C(c1cnc2[nH]ccc2c1)N1CC(C2CC2)C(F)(C(=O)O)C1. The molecule has 0 aromatic carbocycles. The van der Waals surface area contributed by atoms with E-state index in [2.05, 4.69) is 9.97 Å². The van der Waals surface area contributed by atoms with E-state index in [-0.39, 0.29) is 18.4 Å². The van der Waals surface area contributed by atoms with E-state index in [0.29, 0.717) is 11.2 Å². The Morgan fingerprint density at radius 3 is 2.91 bits per heavy atom. The Morgan fingerprint density at radius 1 is 1.43 bits per heavy atom. The molecule has 1 amide bonds. The van der Waals surface area contributed by atoms with Gasteiger partial charge in [-0.15, -0.1) is 0 Å². The van der Waals surface area contributed by atoms with E-state index in [1.165, 1.54) is 11.1 Å². The lowest BCUT2D eigenvalue weighted by Gasteiger charge is -2.20. The van der Waals surface area contributed by atoms with Gasteiger partial charge in [-0.2, -0.15) is 0 Å². The van der Waals surface area contributed by atoms with E-state index in [0.717, 1.165) is 18.2 Å². The van der Waals surface area contributed by atoms with Crippen molar-refractivity contribution in [2.45, 2.75) is 18.5 Å². The first-order valence-electron chi connectivity index (χ1n) is 7.64. The first kappa shape index (κ1) is 14.2. The van der Waals surface area contributed by atoms with Crippen LogP contribution in [0.2, 0.25) is 0 Å². The largest absolute Gasteiger partial charge is 0.479 e. The van der Waals surface area contributed by atoms with E-state index in [4.69, 9.17) is 0 Å². The number of pyridine rings is 1. The monoisotopic (exact) mass is 317 g/mol. The van der Waals surface area contributed by atoms with Gasteiger partial charge in [0.05, 0.1) is 12.1 Å². The van der Waals surface area contributed by atoms with Gasteiger partial charge in [0.2, 0.25) is 5.67 Å². The quantitative estimate of drug-likeness (QED) is 0.904. The molecule has 1 saturated carbocycles. The first-order valence-corrected chi connectivity index (χ1v) is 7.64. The summed E-state index contributed by atoms with van der Waals surface area (Å²) in [5.74, 6) is -2.39. The van der Waals surface area contributed by atoms with Crippen LogP contribution in [0.3, 0.4) is 0 Å². The number of carbonyl (C=O) groups is 2. The fraction of sp³-hybridized carbons (Fsp3) is 0.438. The summed E-state index contributed by atoms with van der Waals surface area (Å²) >= 11 is 0. The summed E-state index contributed by atoms with van der Waals surface area (Å²) in [5.41, 5.74) is -1.33. The number of H-pyrrole nitrogens is 1. The second-order valence-corrected chi connectivity index (χ2v) is 6.44. The second-order valence-electron chi connectivity index (χ2n) is 6.44. The number of carboxylic acid groups (broad SMARTS) is 1. The number of carbonyl (C=O) groups excluding carboxylic acids is 1. The number of nitrogens with zero attached hydrogens (tertiary/aromatic N) is 2. The van der Waals surface area contributed by atoms with Gasteiger partial charge in [-0.05, 0) is 30.9 Å². The van der Waals surface area contributed by atoms with Crippen molar-refractivity contribution < 1.29 is 19.1 Å². The molecule has 0 radical (unpaired) electrons. The third kappa shape index (κ3) is 2.18. The molecule has 0 bridgehead atoms. The number of aromatic amines is 1. The predicted octanol–water partition coefficient (Wildman–Crippen LogP) is 1.84. The van der Waals surface area contributed by atoms with Crippen LogP contribution in [-0.2, 0) is 4.79 Å². The molecule has 6 nitrogen and oxygen atoms in total. The van der Waals surface area contributed by atoms with Crippen LogP contribution in [0.1, 0.15) is 23.2 Å². The van der Waals surface area contributed by atoms with E-state index in [9.17, 15) is 19.1 Å². The topological polar surface area (TPSA) is 86.3 Å². The smallest absolute Gasteiger partial charge is 0.343 e. The summed E-state index contributed by atoms with van der Waals surface area (Å²) in [6, 6.07) is 3.49. The van der Waals surface area contributed by atoms with Crippen molar-refractivity contribution in [2.75, 3.05) is 13.1 Å². The summed E-state index contributed by atoms with van der Waals surface area (Å²) in [6.07, 6.45) is 4.83. The van der Waals surface area contributed by atoms with Crippen molar-refractivity contribution in [3.63, 3.8) is 0 Å². The van der Waals surface area contributed by atoms with E-state index < -0.39 is 24.1 Å². The zero-order valence-electron chi connectivity index (χ0n) is 12.3. The van der Waals surface area contributed by atoms with Crippen molar-refractivity contribution in [1.82, 2.24) is 14.9 Å². The minimum Gasteiger partial charge on any atom is -0.479 e. The molecule has 2 fully saturated rings. The molecule has 0 spiro atoms. The van der Waals surface area contributed by atoms with Crippen LogP contribution < -0.4 is 0 Å². The maximum atomic E-state index is 14.9. The third-order valence-electron chi connectivity index (χ3n) is 4.91. The molecular formula is C16H16FN3O3. The van der Waals surface area contributed by atoms with E-state index in [1.807, 2.05) is 0 Å². The zero-order chi connectivity index (χ0) is 16.2. The third-order valence-corrected chi connectivity index (χ3v) is 4.91. The molecular weight excluding hydrogens is 301 g/mol. The number of rotatable bonds is 3. The predicted molar refractivity (Wildman–Crippen MR) is 79.7 cm³/mol. The fourth-order valence-electron chi connectivity index (χ4n) is 3.48. The highest BCUT2D eigenvalue weighted by atomic mass is 19.1. The zero-order valence-corrected chi connectivity index (χ0v) is 12.3. The van der Waals surface area contributed by atoms with Crippen LogP contribution in [0.15, 0.2) is 24.5 Å². The normalized spacial score (nSPS) is 27.5. The van der Waals surface area contributed by atoms with Crippen LogP contribution >= 0.6 is 0 Å². The highest BCUT2D eigenvalue weighted by molar-refractivity contribution is 5.97. The number of hydrogen-bond acceptors (Lipinski definition) is 3. The highest BCUT2D eigenvalue weighted by Crippen LogP contribution is 2.47. The minimum absolute atomic E-state index is 0.0687. The lowest BCUT2D eigenvalue weighted by atomic mass is 9.89. The van der Waals surface area contributed by atoms with Gasteiger partial charge < -0.3 is 15.0 Å². The molecule has 1 saturated heterocycles. The molecule has 3 heterocycles. The average Bonchev–Trinajstić information content (AvgIpc) is 3.14. The maximum absolute atomic E-state index is 14.9. The number of nitrogens with one attached hydrogen (secondary N) is 1. The number of alkyl halides is 1. The van der Waals surface area contributed by atoms with Crippen LogP contribution in [0.5, 0.6) is 0 Å². The van der Waals surface area contributed by atoms with Crippen LogP contribution in [0.25, 0.3) is 11.0 Å². The Balaban J connectivity index is 1.62. The van der Waals surface area contributed by atoms with Gasteiger partial charge in [0, 0.05) is 30.2 Å². The van der Waals surface area contributed by atoms with Gasteiger partial charge in [0.1, 0.15) is 5.65 Å². The van der Waals surface area contributed by atoms with Crippen LogP contribution in [0, 0.1) is 11.8 Å². The maximum Gasteiger partial charge on any atom is 0.343 e. The summed E-state index contributed by atoms with van der Waals surface area (Å²) in [4.78, 5) is 32.4. The lowest BCUT2D eigenvalue weighted by Crippen LogP contribution is -2.43. The standard InChI is InChI=1S/C16H16FN3O3/c17-16(15(22)23)8-20(7-12(16)9-1-2-9)14(21)11-5-10-3-4-18-13(10)19-6-11/h3-6,9,12H,1-2,7-8H2,(H,18,19)(H,22,23). The average molecular weight is 317 g/mol. The first-order chi connectivity index (χ1) is 11.0. The number of fused-ring (bicyclic) bond motifs is 1. The van der Waals surface area contributed by atoms with Crippen molar-refractivity contribution in [1.29, 1.82) is 0 Å². The summed E-state index contributed by atoms with van der Waals surface area (Å²) in [5, 5.41) is 10.1. The number of amides is 1. The van der Waals surface area contributed by atoms with Crippen LogP contribution in [0.4, 0.5) is 4.39 Å². The molecule has 2 aromatic rings. The van der Waals surface area contributed by atoms with E-state index >= 15 is 0 Å². The number of aromatic nitrogens is 2. The molecule has 4 rings (SSSR count). The summed E-state index contributed by atoms with van der Waals surface area (Å²) in [7, 11) is 0. The molecule has 23 heavy (non-hydrogen) atoms. The van der Waals surface area contributed by atoms with E-state index in [1.54, 1.807) is 18.3 Å². The Morgan fingerprint density at radius 2 is 2.22 bits per heavy atom. The van der Waals surface area contributed by atoms with Gasteiger partial charge in [0.25, 0.3) is 5.91 Å². The lowest BCUT2D eigenvalue weighted by molar-refractivity contribution is -0.153. The number of hydrogen-bond donors (Lipinski definition) is 2. The van der Waals surface area contributed by atoms with Crippen molar-refractivity contribution >= 4 is 22.9 Å². The molecule has 2 aliphatic rings. The number of halogens is 1. The van der Waals surface area contributed by atoms with Crippen molar-refractivity contribution in [3.8, 4) is 0 Å².